The van der Waals surface area contributed by atoms with Crippen LogP contribution in [-0.4, -0.2) is 39.0 Å². The van der Waals surface area contributed by atoms with Crippen LogP contribution in [0.3, 0.4) is 0 Å². The molecule has 0 saturated carbocycles. The molecule has 0 bridgehead atoms. The number of carbonyl (C=O) groups excluding carboxylic acids is 2. The van der Waals surface area contributed by atoms with Crippen LogP contribution in [0.5, 0.6) is 11.5 Å². The summed E-state index contributed by atoms with van der Waals surface area (Å²) >= 11 is 6.22. The molecule has 0 spiro atoms. The number of rotatable bonds is 4. The number of aliphatic hydroxyl groups excluding tert-OH is 1. The maximum atomic E-state index is 13.2. The standard InChI is InChI=1S/C25H18ClN3O5/c1-34-19-10-9-14(12-16(19)26)22(31)20-21(13-5-4-6-15(30)11-13)29(24(33)23(20)32)25-27-17-7-2-3-8-18(17)28-25/h2-12,21,30-31H,1H3,(H,27,28)/b22-20+. The van der Waals surface area contributed by atoms with Crippen LogP contribution in [0, 0.1) is 0 Å². The summed E-state index contributed by atoms with van der Waals surface area (Å²) in [5, 5.41) is 21.5. The molecule has 0 aliphatic carbocycles. The summed E-state index contributed by atoms with van der Waals surface area (Å²) in [6.07, 6.45) is 0. The summed E-state index contributed by atoms with van der Waals surface area (Å²) in [5.74, 6) is -1.68. The molecule has 2 heterocycles. The van der Waals surface area contributed by atoms with Crippen molar-refractivity contribution < 1.29 is 24.5 Å². The number of methoxy groups -OCH3 is 1. The summed E-state index contributed by atoms with van der Waals surface area (Å²) in [6.45, 7) is 0. The zero-order chi connectivity index (χ0) is 24.0. The maximum Gasteiger partial charge on any atom is 0.302 e. The van der Waals surface area contributed by atoms with E-state index in [-0.39, 0.29) is 27.9 Å². The third-order valence-electron chi connectivity index (χ3n) is 5.66. The van der Waals surface area contributed by atoms with Crippen molar-refractivity contribution in [2.24, 2.45) is 0 Å². The number of imidazole rings is 1. The van der Waals surface area contributed by atoms with Gasteiger partial charge in [-0.15, -0.1) is 0 Å². The highest BCUT2D eigenvalue weighted by atomic mass is 35.5. The number of para-hydroxylation sites is 2. The molecule has 8 nitrogen and oxygen atoms in total. The molecule has 1 unspecified atom stereocenters. The number of ether oxygens (including phenoxy) is 1. The van der Waals surface area contributed by atoms with E-state index in [2.05, 4.69) is 9.97 Å². The van der Waals surface area contributed by atoms with E-state index in [1.807, 2.05) is 6.07 Å². The number of Topliss-reactive ketones (excluding diaryl/α,β-unsaturated/α-hetero) is 1. The largest absolute Gasteiger partial charge is 0.508 e. The topological polar surface area (TPSA) is 116 Å². The Morgan fingerprint density at radius 2 is 1.88 bits per heavy atom. The van der Waals surface area contributed by atoms with E-state index in [0.717, 1.165) is 0 Å². The first kappa shape index (κ1) is 21.5. The second-order valence-electron chi connectivity index (χ2n) is 7.69. The van der Waals surface area contributed by atoms with Gasteiger partial charge in [0.05, 0.1) is 34.8 Å². The number of ketones is 1. The zero-order valence-corrected chi connectivity index (χ0v) is 18.6. The van der Waals surface area contributed by atoms with Crippen LogP contribution in [0.15, 0.2) is 72.3 Å². The van der Waals surface area contributed by atoms with Gasteiger partial charge in [0.2, 0.25) is 5.95 Å². The van der Waals surface area contributed by atoms with Crippen LogP contribution in [0.4, 0.5) is 5.95 Å². The molecule has 1 aliphatic rings. The second-order valence-corrected chi connectivity index (χ2v) is 8.10. The minimum absolute atomic E-state index is 0.0554. The number of aromatic nitrogens is 2. The number of nitrogens with one attached hydrogen (secondary N) is 1. The van der Waals surface area contributed by atoms with Crippen LogP contribution >= 0.6 is 11.6 Å². The number of aromatic amines is 1. The fourth-order valence-electron chi connectivity index (χ4n) is 4.08. The molecule has 1 saturated heterocycles. The Labute approximate surface area is 198 Å². The van der Waals surface area contributed by atoms with Crippen molar-refractivity contribution >= 4 is 46.0 Å². The minimum Gasteiger partial charge on any atom is -0.508 e. The van der Waals surface area contributed by atoms with Crippen LogP contribution in [0.1, 0.15) is 17.2 Å². The van der Waals surface area contributed by atoms with Gasteiger partial charge in [-0.05, 0) is 48.0 Å². The number of amides is 1. The number of benzene rings is 3. The molecule has 1 aromatic heterocycles. The fraction of sp³-hybridized carbons (Fsp3) is 0.0800. The number of H-pyrrole nitrogens is 1. The Balaban J connectivity index is 1.73. The average molecular weight is 476 g/mol. The number of halogens is 1. The third kappa shape index (κ3) is 3.45. The van der Waals surface area contributed by atoms with Crippen molar-refractivity contribution in [1.29, 1.82) is 0 Å². The van der Waals surface area contributed by atoms with Crippen molar-refractivity contribution in [2.45, 2.75) is 6.04 Å². The normalized spacial score (nSPS) is 17.5. The van der Waals surface area contributed by atoms with Crippen molar-refractivity contribution in [3.63, 3.8) is 0 Å². The van der Waals surface area contributed by atoms with E-state index in [4.69, 9.17) is 16.3 Å². The van der Waals surface area contributed by atoms with Gasteiger partial charge in [-0.25, -0.2) is 4.98 Å². The molecule has 0 radical (unpaired) electrons. The molecule has 170 valence electrons. The number of fused-ring (bicyclic) bond motifs is 1. The van der Waals surface area contributed by atoms with Crippen LogP contribution in [0.2, 0.25) is 5.02 Å². The van der Waals surface area contributed by atoms with Gasteiger partial charge >= 0.3 is 5.91 Å². The smallest absolute Gasteiger partial charge is 0.302 e. The molecule has 1 aliphatic heterocycles. The Morgan fingerprint density at radius 1 is 1.09 bits per heavy atom. The predicted octanol–water partition coefficient (Wildman–Crippen LogP) is 4.56. The van der Waals surface area contributed by atoms with E-state index in [1.165, 1.54) is 36.3 Å². The highest BCUT2D eigenvalue weighted by molar-refractivity contribution is 6.51. The van der Waals surface area contributed by atoms with Gasteiger partial charge in [-0.3, -0.25) is 14.5 Å². The van der Waals surface area contributed by atoms with Crippen LogP contribution < -0.4 is 9.64 Å². The minimum atomic E-state index is -1.05. The van der Waals surface area contributed by atoms with E-state index >= 15 is 0 Å². The monoisotopic (exact) mass is 475 g/mol. The second kappa shape index (κ2) is 8.24. The van der Waals surface area contributed by atoms with Gasteiger partial charge in [0.15, 0.2) is 0 Å². The summed E-state index contributed by atoms with van der Waals surface area (Å²) in [5.41, 5.74) is 1.78. The van der Waals surface area contributed by atoms with Gasteiger partial charge in [0.25, 0.3) is 5.78 Å². The van der Waals surface area contributed by atoms with Gasteiger partial charge in [-0.2, -0.15) is 0 Å². The molecule has 34 heavy (non-hydrogen) atoms. The Morgan fingerprint density at radius 3 is 2.59 bits per heavy atom. The lowest BCUT2D eigenvalue weighted by Gasteiger charge is -2.23. The summed E-state index contributed by atoms with van der Waals surface area (Å²) in [6, 6.07) is 16.8. The summed E-state index contributed by atoms with van der Waals surface area (Å²) < 4.78 is 5.15. The molecule has 1 fully saturated rings. The first-order valence-electron chi connectivity index (χ1n) is 10.3. The molecule has 3 aromatic carbocycles. The van der Waals surface area contributed by atoms with Gasteiger partial charge in [-0.1, -0.05) is 35.9 Å². The van der Waals surface area contributed by atoms with Crippen LogP contribution in [-0.2, 0) is 9.59 Å². The molecule has 4 aromatic rings. The van der Waals surface area contributed by atoms with Crippen molar-refractivity contribution in [3.8, 4) is 11.5 Å². The number of anilines is 1. The molecular weight excluding hydrogens is 458 g/mol. The number of carbonyl (C=O) groups is 2. The predicted molar refractivity (Wildman–Crippen MR) is 127 cm³/mol. The highest BCUT2D eigenvalue weighted by Crippen LogP contribution is 2.42. The van der Waals surface area contributed by atoms with Gasteiger partial charge < -0.3 is 19.9 Å². The molecular formula is C25H18ClN3O5. The van der Waals surface area contributed by atoms with Gasteiger partial charge in [0, 0.05) is 5.56 Å². The fourth-order valence-corrected chi connectivity index (χ4v) is 4.34. The molecule has 1 amide bonds. The molecule has 1 atom stereocenters. The molecule has 3 N–H and O–H groups in total. The van der Waals surface area contributed by atoms with Gasteiger partial charge in [0.1, 0.15) is 17.3 Å². The van der Waals surface area contributed by atoms with E-state index in [1.54, 1.807) is 36.4 Å². The lowest BCUT2D eigenvalue weighted by molar-refractivity contribution is -0.132. The number of aromatic hydroxyl groups is 1. The Kier molecular flexibility index (Phi) is 5.22. The zero-order valence-electron chi connectivity index (χ0n) is 17.8. The van der Waals surface area contributed by atoms with Crippen LogP contribution in [0.25, 0.3) is 16.8 Å². The number of phenols is 1. The third-order valence-corrected chi connectivity index (χ3v) is 5.96. The van der Waals surface area contributed by atoms with E-state index in [0.29, 0.717) is 22.3 Å². The average Bonchev–Trinajstić information content (AvgIpc) is 3.37. The molecule has 9 heteroatoms. The number of nitrogens with zero attached hydrogens (tertiary/aromatic N) is 2. The van der Waals surface area contributed by atoms with Crippen molar-refractivity contribution in [1.82, 2.24) is 9.97 Å². The maximum absolute atomic E-state index is 13.2. The SMILES string of the molecule is COc1ccc(/C(O)=C2\C(=O)C(=O)N(c3nc4ccccc4[nH]3)C2c2cccc(O)c2)cc1Cl. The lowest BCUT2D eigenvalue weighted by atomic mass is 9.95. The lowest BCUT2D eigenvalue weighted by Crippen LogP contribution is -2.30. The van der Waals surface area contributed by atoms with Crippen molar-refractivity contribution in [3.05, 3.63) is 88.5 Å². The first-order chi connectivity index (χ1) is 16.4. The highest BCUT2D eigenvalue weighted by Gasteiger charge is 2.48. The first-order valence-corrected chi connectivity index (χ1v) is 10.7. The molecule has 5 rings (SSSR count). The van der Waals surface area contributed by atoms with E-state index < -0.39 is 23.5 Å². The number of aliphatic hydroxyl groups is 1. The number of hydrogen-bond donors (Lipinski definition) is 3. The van der Waals surface area contributed by atoms with E-state index in [9.17, 15) is 19.8 Å². The Hall–Kier alpha value is -4.30. The Bertz CT molecular complexity index is 1460. The summed E-state index contributed by atoms with van der Waals surface area (Å²) in [7, 11) is 1.46. The number of phenolic OH excluding ortho intramolecular Hbond substituents is 1. The van der Waals surface area contributed by atoms with Crippen molar-refractivity contribution in [2.75, 3.05) is 12.0 Å². The quantitative estimate of drug-likeness (QED) is 0.226. The number of hydrogen-bond acceptors (Lipinski definition) is 6. The summed E-state index contributed by atoms with van der Waals surface area (Å²) in [4.78, 5) is 35.2.